The summed E-state index contributed by atoms with van der Waals surface area (Å²) < 4.78 is 0. The Hall–Kier alpha value is -3.92. The van der Waals surface area contributed by atoms with Gasteiger partial charge in [-0.25, -0.2) is 0 Å². The number of hydrogen-bond acceptors (Lipinski definition) is 4. The van der Waals surface area contributed by atoms with E-state index >= 15 is 0 Å². The fourth-order valence-corrected chi connectivity index (χ4v) is 2.57. The molecule has 0 fully saturated rings. The zero-order valence-corrected chi connectivity index (χ0v) is 15.3. The second-order valence-corrected chi connectivity index (χ2v) is 6.05. The van der Waals surface area contributed by atoms with Crippen LogP contribution in [-0.4, -0.2) is 22.6 Å². The molecule has 3 rings (SSSR count). The van der Waals surface area contributed by atoms with Crippen LogP contribution >= 0.6 is 0 Å². The molecule has 0 aromatic heterocycles. The Morgan fingerprint density at radius 2 is 1.07 bits per heavy atom. The highest BCUT2D eigenvalue weighted by Gasteiger charge is 2.03. The Morgan fingerprint density at radius 1 is 0.643 bits per heavy atom. The Bertz CT molecular complexity index is 995. The monoisotopic (exact) mass is 368 g/mol. The molecule has 2 N–H and O–H groups in total. The molecular formula is C24H20N2O2. The van der Waals surface area contributed by atoms with E-state index in [1.807, 2.05) is 24.3 Å². The summed E-state index contributed by atoms with van der Waals surface area (Å²) in [6.45, 7) is 7.47. The summed E-state index contributed by atoms with van der Waals surface area (Å²) >= 11 is 0. The van der Waals surface area contributed by atoms with Gasteiger partial charge in [-0.1, -0.05) is 49.6 Å². The number of aliphatic imine (C=N–C) groups is 2. The van der Waals surface area contributed by atoms with Gasteiger partial charge in [-0.05, 0) is 47.5 Å². The topological polar surface area (TPSA) is 65.2 Å². The van der Waals surface area contributed by atoms with E-state index in [1.165, 1.54) is 0 Å². The fraction of sp³-hybridized carbons (Fsp3) is 0. The van der Waals surface area contributed by atoms with Crippen molar-refractivity contribution in [2.24, 2.45) is 9.98 Å². The first-order chi connectivity index (χ1) is 13.6. The maximum Gasteiger partial charge on any atom is 0.124 e. The highest BCUT2D eigenvalue weighted by atomic mass is 16.3. The zero-order chi connectivity index (χ0) is 19.9. The molecule has 3 aromatic carbocycles. The van der Waals surface area contributed by atoms with Gasteiger partial charge in [0.25, 0.3) is 0 Å². The Labute approximate surface area is 164 Å². The summed E-state index contributed by atoms with van der Waals surface area (Å²) in [4.78, 5) is 8.94. The van der Waals surface area contributed by atoms with Crippen molar-refractivity contribution in [1.29, 1.82) is 0 Å². The van der Waals surface area contributed by atoms with E-state index in [0.29, 0.717) is 22.5 Å². The van der Waals surface area contributed by atoms with Gasteiger partial charge in [0.05, 0.1) is 11.4 Å². The van der Waals surface area contributed by atoms with Crippen molar-refractivity contribution in [3.05, 3.63) is 96.1 Å². The lowest BCUT2D eigenvalue weighted by atomic mass is 10.1. The molecule has 28 heavy (non-hydrogen) atoms. The Balaban J connectivity index is 1.92. The Kier molecular flexibility index (Phi) is 5.82. The minimum atomic E-state index is 0.140. The normalized spacial score (nSPS) is 11.1. The van der Waals surface area contributed by atoms with Crippen LogP contribution < -0.4 is 0 Å². The van der Waals surface area contributed by atoms with E-state index in [-0.39, 0.29) is 11.5 Å². The van der Waals surface area contributed by atoms with Crippen LogP contribution in [0.25, 0.3) is 12.2 Å². The van der Waals surface area contributed by atoms with Crippen molar-refractivity contribution in [3.8, 4) is 11.5 Å². The smallest absolute Gasteiger partial charge is 0.124 e. The van der Waals surface area contributed by atoms with Gasteiger partial charge in [0.2, 0.25) is 0 Å². The van der Waals surface area contributed by atoms with Gasteiger partial charge in [-0.15, -0.1) is 0 Å². The fourth-order valence-electron chi connectivity index (χ4n) is 2.57. The molecule has 3 aromatic rings. The average molecular weight is 368 g/mol. The third-order valence-electron chi connectivity index (χ3n) is 4.14. The van der Waals surface area contributed by atoms with E-state index in [4.69, 9.17) is 0 Å². The molecule has 0 unspecified atom stereocenters. The molecule has 0 saturated heterocycles. The third kappa shape index (κ3) is 4.43. The molecule has 0 atom stereocenters. The number of para-hydroxylation sites is 2. The number of phenolic OH excluding ortho intramolecular Hbond substituents is 2. The van der Waals surface area contributed by atoms with Crippen LogP contribution in [0.2, 0.25) is 0 Å². The lowest BCUT2D eigenvalue weighted by molar-refractivity contribution is 0.474. The predicted molar refractivity (Wildman–Crippen MR) is 117 cm³/mol. The number of rotatable bonds is 6. The van der Waals surface area contributed by atoms with Crippen LogP contribution in [0.4, 0.5) is 11.4 Å². The SMILES string of the molecule is C=Cc1ccc(O)c(C=Nc2ccccc2N=Cc2cc(C=C)ccc2O)c1. The first kappa shape index (κ1) is 18.9. The molecule has 0 aliphatic rings. The lowest BCUT2D eigenvalue weighted by Gasteiger charge is -2.03. The second-order valence-electron chi connectivity index (χ2n) is 6.05. The molecule has 4 nitrogen and oxygen atoms in total. The molecule has 0 amide bonds. The van der Waals surface area contributed by atoms with E-state index < -0.39 is 0 Å². The first-order valence-electron chi connectivity index (χ1n) is 8.69. The van der Waals surface area contributed by atoms with Gasteiger partial charge >= 0.3 is 0 Å². The van der Waals surface area contributed by atoms with Gasteiger partial charge in [0, 0.05) is 23.6 Å². The highest BCUT2D eigenvalue weighted by Crippen LogP contribution is 2.28. The molecule has 0 spiro atoms. The maximum absolute atomic E-state index is 10.0. The summed E-state index contributed by atoms with van der Waals surface area (Å²) in [5, 5.41) is 20.0. The van der Waals surface area contributed by atoms with Gasteiger partial charge in [-0.3, -0.25) is 9.98 Å². The zero-order valence-electron chi connectivity index (χ0n) is 15.3. The molecule has 0 saturated carbocycles. The Morgan fingerprint density at radius 3 is 1.46 bits per heavy atom. The standard InChI is InChI=1S/C24H20N2O2/c1-3-17-9-11-23(27)19(13-17)15-25-21-7-5-6-8-22(21)26-16-20-14-18(4-2)10-12-24(20)28/h3-16,27-28H,1-2H2. The van der Waals surface area contributed by atoms with Crippen LogP contribution in [0, 0.1) is 0 Å². The maximum atomic E-state index is 10.0. The summed E-state index contributed by atoms with van der Waals surface area (Å²) in [5.41, 5.74) is 4.24. The van der Waals surface area contributed by atoms with Crippen LogP contribution in [0.1, 0.15) is 22.3 Å². The number of aromatic hydroxyl groups is 2. The van der Waals surface area contributed by atoms with Crippen LogP contribution in [0.3, 0.4) is 0 Å². The quantitative estimate of drug-likeness (QED) is 0.533. The minimum Gasteiger partial charge on any atom is -0.507 e. The van der Waals surface area contributed by atoms with Crippen LogP contribution in [0.5, 0.6) is 11.5 Å². The number of phenols is 2. The molecule has 0 bridgehead atoms. The van der Waals surface area contributed by atoms with E-state index in [0.717, 1.165) is 11.1 Å². The number of benzene rings is 3. The molecule has 0 radical (unpaired) electrons. The van der Waals surface area contributed by atoms with Crippen LogP contribution in [-0.2, 0) is 0 Å². The van der Waals surface area contributed by atoms with Crippen molar-refractivity contribution in [3.63, 3.8) is 0 Å². The molecule has 0 aliphatic carbocycles. The molecular weight excluding hydrogens is 348 g/mol. The van der Waals surface area contributed by atoms with Gasteiger partial charge in [0.1, 0.15) is 11.5 Å². The van der Waals surface area contributed by atoms with Gasteiger partial charge in [-0.2, -0.15) is 0 Å². The van der Waals surface area contributed by atoms with E-state index in [1.54, 1.807) is 61.0 Å². The second kappa shape index (κ2) is 8.64. The average Bonchev–Trinajstić information content (AvgIpc) is 2.73. The molecule has 138 valence electrons. The van der Waals surface area contributed by atoms with Crippen molar-refractivity contribution < 1.29 is 10.2 Å². The molecule has 0 heterocycles. The summed E-state index contributed by atoms with van der Waals surface area (Å²) in [6.07, 6.45) is 6.59. The summed E-state index contributed by atoms with van der Waals surface area (Å²) in [6, 6.07) is 17.8. The summed E-state index contributed by atoms with van der Waals surface area (Å²) in [5.74, 6) is 0.281. The third-order valence-corrected chi connectivity index (χ3v) is 4.14. The number of nitrogens with zero attached hydrogens (tertiary/aromatic N) is 2. The van der Waals surface area contributed by atoms with Gasteiger partial charge < -0.3 is 10.2 Å². The predicted octanol–water partition coefficient (Wildman–Crippen LogP) is 5.89. The van der Waals surface area contributed by atoms with Gasteiger partial charge in [0.15, 0.2) is 0 Å². The van der Waals surface area contributed by atoms with Crippen molar-refractivity contribution >= 4 is 36.0 Å². The number of hydrogen-bond donors (Lipinski definition) is 2. The highest BCUT2D eigenvalue weighted by molar-refractivity contribution is 5.90. The van der Waals surface area contributed by atoms with Crippen molar-refractivity contribution in [2.45, 2.75) is 0 Å². The lowest BCUT2D eigenvalue weighted by Crippen LogP contribution is -1.85. The minimum absolute atomic E-state index is 0.140. The molecule has 4 heteroatoms. The first-order valence-corrected chi connectivity index (χ1v) is 8.69. The van der Waals surface area contributed by atoms with Crippen LogP contribution in [0.15, 0.2) is 83.8 Å². The summed E-state index contributed by atoms with van der Waals surface area (Å²) in [7, 11) is 0. The van der Waals surface area contributed by atoms with E-state index in [2.05, 4.69) is 23.1 Å². The largest absolute Gasteiger partial charge is 0.507 e. The van der Waals surface area contributed by atoms with Crippen molar-refractivity contribution in [2.75, 3.05) is 0 Å². The molecule has 0 aliphatic heterocycles. The van der Waals surface area contributed by atoms with Crippen molar-refractivity contribution in [1.82, 2.24) is 0 Å². The van der Waals surface area contributed by atoms with E-state index in [9.17, 15) is 10.2 Å².